The highest BCUT2D eigenvalue weighted by Gasteiger charge is 2.25. The van der Waals surface area contributed by atoms with Crippen LogP contribution in [0.1, 0.15) is 40.5 Å². The Morgan fingerprint density at radius 2 is 1.59 bits per heavy atom. The Kier molecular flexibility index (Phi) is 12.4. The van der Waals surface area contributed by atoms with E-state index in [9.17, 15) is 9.59 Å². The number of aliphatic hydroxyl groups is 1. The number of carbonyl (C=O) groups is 2. The maximum Gasteiger partial charge on any atom is 0.225 e. The summed E-state index contributed by atoms with van der Waals surface area (Å²) in [5.74, 6) is 0.736. The van der Waals surface area contributed by atoms with Crippen molar-refractivity contribution in [1.29, 1.82) is 0 Å². The van der Waals surface area contributed by atoms with E-state index in [4.69, 9.17) is 5.11 Å². The lowest BCUT2D eigenvalue weighted by Crippen LogP contribution is -2.56. The standard InChI is InChI=1S/C11H22N2O2.C10H21N3O/c1-3-4-9(2)11(15)13-6-5-12-10(7-13)8-14;1-8(2)10(14)13-5-4-12-9(7-13)6-11-3/h9-10,12,14H,3-8H2,1-2H3;8-9,11-12H,4-7H2,1-3H3. The molecular formula is C21H43N5O3. The number of likely N-dealkylation sites (N-methyl/N-ethyl adjacent to an activating group) is 1. The number of amides is 2. The molecule has 0 aromatic heterocycles. The molecule has 2 rings (SSSR count). The Morgan fingerprint density at radius 1 is 1.03 bits per heavy atom. The number of nitrogens with zero attached hydrogens (tertiary/aromatic N) is 2. The molecule has 2 amide bonds. The number of hydrogen-bond acceptors (Lipinski definition) is 6. The van der Waals surface area contributed by atoms with E-state index in [1.54, 1.807) is 0 Å². The highest BCUT2D eigenvalue weighted by Crippen LogP contribution is 2.11. The summed E-state index contributed by atoms with van der Waals surface area (Å²) < 4.78 is 0. The molecule has 0 aromatic rings. The van der Waals surface area contributed by atoms with Crippen LogP contribution in [-0.2, 0) is 9.59 Å². The Labute approximate surface area is 176 Å². The molecule has 2 fully saturated rings. The van der Waals surface area contributed by atoms with Crippen LogP contribution in [0.2, 0.25) is 0 Å². The van der Waals surface area contributed by atoms with Gasteiger partial charge in [-0.05, 0) is 13.5 Å². The van der Waals surface area contributed by atoms with Crippen molar-refractivity contribution in [3.8, 4) is 0 Å². The Balaban J connectivity index is 0.000000291. The summed E-state index contributed by atoms with van der Waals surface area (Å²) >= 11 is 0. The van der Waals surface area contributed by atoms with E-state index in [0.29, 0.717) is 12.6 Å². The molecule has 3 atom stereocenters. The summed E-state index contributed by atoms with van der Waals surface area (Å²) in [4.78, 5) is 27.5. The van der Waals surface area contributed by atoms with Gasteiger partial charge in [0.1, 0.15) is 0 Å². The molecule has 0 bridgehead atoms. The topological polar surface area (TPSA) is 96.9 Å². The third kappa shape index (κ3) is 8.99. The van der Waals surface area contributed by atoms with Crippen LogP contribution in [0.25, 0.3) is 0 Å². The Bertz CT molecular complexity index is 487. The molecule has 0 aliphatic carbocycles. The number of piperazine rings is 2. The predicted octanol–water partition coefficient (Wildman–Crippen LogP) is -0.122. The van der Waals surface area contributed by atoms with E-state index in [0.717, 1.165) is 52.1 Å². The van der Waals surface area contributed by atoms with Crippen LogP contribution in [0, 0.1) is 11.8 Å². The van der Waals surface area contributed by atoms with Crippen molar-refractivity contribution in [2.75, 3.05) is 59.5 Å². The second-order valence-electron chi connectivity index (χ2n) is 8.46. The number of nitrogens with one attached hydrogen (secondary N) is 3. The van der Waals surface area contributed by atoms with Crippen molar-refractivity contribution >= 4 is 11.8 Å². The van der Waals surface area contributed by atoms with Gasteiger partial charge in [0.2, 0.25) is 11.8 Å². The van der Waals surface area contributed by atoms with Crippen molar-refractivity contribution in [2.24, 2.45) is 11.8 Å². The predicted molar refractivity (Wildman–Crippen MR) is 117 cm³/mol. The van der Waals surface area contributed by atoms with E-state index in [1.165, 1.54) is 0 Å². The lowest BCUT2D eigenvalue weighted by Gasteiger charge is -2.34. The number of aliphatic hydroxyl groups excluding tert-OH is 1. The minimum absolute atomic E-state index is 0.0523. The number of carbonyl (C=O) groups excluding carboxylic acids is 2. The smallest absolute Gasteiger partial charge is 0.225 e. The zero-order valence-corrected chi connectivity index (χ0v) is 19.0. The summed E-state index contributed by atoms with van der Waals surface area (Å²) in [5, 5.41) is 18.7. The first-order valence-electron chi connectivity index (χ1n) is 11.1. The first kappa shape index (κ1) is 25.8. The summed E-state index contributed by atoms with van der Waals surface area (Å²) in [6.45, 7) is 13.8. The van der Waals surface area contributed by atoms with Gasteiger partial charge in [-0.1, -0.05) is 34.1 Å². The van der Waals surface area contributed by atoms with Gasteiger partial charge in [0.15, 0.2) is 0 Å². The fourth-order valence-electron chi connectivity index (χ4n) is 3.79. The molecule has 3 unspecified atom stereocenters. The molecule has 2 aliphatic rings. The van der Waals surface area contributed by atoms with Crippen molar-refractivity contribution in [1.82, 2.24) is 25.8 Å². The van der Waals surface area contributed by atoms with Crippen LogP contribution in [0.4, 0.5) is 0 Å². The van der Waals surface area contributed by atoms with Crippen LogP contribution < -0.4 is 16.0 Å². The molecule has 4 N–H and O–H groups in total. The van der Waals surface area contributed by atoms with E-state index in [-0.39, 0.29) is 36.3 Å². The van der Waals surface area contributed by atoms with Gasteiger partial charge < -0.3 is 30.9 Å². The lowest BCUT2D eigenvalue weighted by molar-refractivity contribution is -0.137. The second-order valence-corrected chi connectivity index (χ2v) is 8.46. The third-order valence-corrected chi connectivity index (χ3v) is 5.44. The zero-order chi connectivity index (χ0) is 21.8. The molecule has 170 valence electrons. The van der Waals surface area contributed by atoms with Crippen LogP contribution >= 0.6 is 0 Å². The molecular weight excluding hydrogens is 370 g/mol. The highest BCUT2D eigenvalue weighted by molar-refractivity contribution is 5.78. The molecule has 8 heteroatoms. The van der Waals surface area contributed by atoms with Gasteiger partial charge in [-0.3, -0.25) is 9.59 Å². The van der Waals surface area contributed by atoms with Crippen LogP contribution in [0.3, 0.4) is 0 Å². The average Bonchev–Trinajstić information content (AvgIpc) is 2.73. The monoisotopic (exact) mass is 413 g/mol. The molecule has 8 nitrogen and oxygen atoms in total. The normalized spacial score (nSPS) is 23.4. The van der Waals surface area contributed by atoms with Gasteiger partial charge in [-0.15, -0.1) is 0 Å². The summed E-state index contributed by atoms with van der Waals surface area (Å²) in [5.41, 5.74) is 0. The van der Waals surface area contributed by atoms with Crippen molar-refractivity contribution < 1.29 is 14.7 Å². The molecule has 2 saturated heterocycles. The van der Waals surface area contributed by atoms with Crippen LogP contribution in [-0.4, -0.2) is 98.3 Å². The summed E-state index contributed by atoms with van der Waals surface area (Å²) in [6.07, 6.45) is 2.00. The molecule has 0 saturated carbocycles. The molecule has 29 heavy (non-hydrogen) atoms. The molecule has 0 aromatic carbocycles. The molecule has 0 spiro atoms. The molecule has 2 heterocycles. The van der Waals surface area contributed by atoms with Crippen LogP contribution in [0.5, 0.6) is 0 Å². The van der Waals surface area contributed by atoms with E-state index < -0.39 is 0 Å². The van der Waals surface area contributed by atoms with Gasteiger partial charge in [0.25, 0.3) is 0 Å². The molecule has 2 aliphatic heterocycles. The largest absolute Gasteiger partial charge is 0.395 e. The second kappa shape index (κ2) is 13.9. The SMILES string of the molecule is CCCC(C)C(=O)N1CCNC(CO)C1.CNCC1CN(C(=O)C(C)C)CCN1. The third-order valence-electron chi connectivity index (χ3n) is 5.44. The number of rotatable bonds is 7. The van der Waals surface area contributed by atoms with Gasteiger partial charge >= 0.3 is 0 Å². The first-order chi connectivity index (χ1) is 13.8. The summed E-state index contributed by atoms with van der Waals surface area (Å²) in [6, 6.07) is 0.452. The van der Waals surface area contributed by atoms with E-state index >= 15 is 0 Å². The van der Waals surface area contributed by atoms with Crippen molar-refractivity contribution in [2.45, 2.75) is 52.6 Å². The first-order valence-corrected chi connectivity index (χ1v) is 11.1. The fourth-order valence-corrected chi connectivity index (χ4v) is 3.79. The van der Waals surface area contributed by atoms with Gasteiger partial charge in [-0.25, -0.2) is 0 Å². The average molecular weight is 414 g/mol. The number of hydrogen-bond donors (Lipinski definition) is 4. The van der Waals surface area contributed by atoms with Crippen molar-refractivity contribution in [3.63, 3.8) is 0 Å². The van der Waals surface area contributed by atoms with Gasteiger partial charge in [-0.2, -0.15) is 0 Å². The maximum absolute atomic E-state index is 12.0. The Morgan fingerprint density at radius 3 is 2.10 bits per heavy atom. The maximum atomic E-state index is 12.0. The molecule has 0 radical (unpaired) electrons. The quantitative estimate of drug-likeness (QED) is 0.465. The van der Waals surface area contributed by atoms with Gasteiger partial charge in [0.05, 0.1) is 6.61 Å². The van der Waals surface area contributed by atoms with Gasteiger partial charge in [0, 0.05) is 69.7 Å². The highest BCUT2D eigenvalue weighted by atomic mass is 16.3. The lowest BCUT2D eigenvalue weighted by atomic mass is 10.0. The minimum Gasteiger partial charge on any atom is -0.395 e. The minimum atomic E-state index is 0.0523. The van der Waals surface area contributed by atoms with E-state index in [1.807, 2.05) is 37.6 Å². The van der Waals surface area contributed by atoms with Crippen molar-refractivity contribution in [3.05, 3.63) is 0 Å². The van der Waals surface area contributed by atoms with Crippen LogP contribution in [0.15, 0.2) is 0 Å². The zero-order valence-electron chi connectivity index (χ0n) is 19.0. The fraction of sp³-hybridized carbons (Fsp3) is 0.905. The summed E-state index contributed by atoms with van der Waals surface area (Å²) in [7, 11) is 1.94. The van der Waals surface area contributed by atoms with E-state index in [2.05, 4.69) is 22.9 Å². The Hall–Kier alpha value is -1.22.